The molecular formula is C18H17NO2. The Bertz CT molecular complexity index is 672. The molecule has 21 heavy (non-hydrogen) atoms. The maximum Gasteiger partial charge on any atom is 0.339 e. The second-order valence-electron chi connectivity index (χ2n) is 4.43. The molecule has 0 saturated heterocycles. The predicted octanol–water partition coefficient (Wildman–Crippen LogP) is 3.90. The number of ether oxygens (including phenoxy) is 1. The minimum Gasteiger partial charge on any atom is -0.465 e. The Hall–Kier alpha value is -2.81. The van der Waals surface area contributed by atoms with E-state index in [0.29, 0.717) is 11.3 Å². The molecule has 0 aromatic heterocycles. The summed E-state index contributed by atoms with van der Waals surface area (Å²) in [6.45, 7) is 0. The van der Waals surface area contributed by atoms with Crippen LogP contribution in [0.5, 0.6) is 0 Å². The molecule has 106 valence electrons. The van der Waals surface area contributed by atoms with Gasteiger partial charge in [0.15, 0.2) is 0 Å². The molecule has 3 aromatic carbocycles. The first-order valence-electron chi connectivity index (χ1n) is 6.59. The van der Waals surface area contributed by atoms with Crippen molar-refractivity contribution in [3.63, 3.8) is 0 Å². The van der Waals surface area contributed by atoms with Crippen LogP contribution in [0.3, 0.4) is 0 Å². The summed E-state index contributed by atoms with van der Waals surface area (Å²) >= 11 is 0. The van der Waals surface area contributed by atoms with Gasteiger partial charge in [0.2, 0.25) is 0 Å². The summed E-state index contributed by atoms with van der Waals surface area (Å²) in [6, 6.07) is 23.5. The van der Waals surface area contributed by atoms with E-state index in [1.807, 2.05) is 0 Å². The molecule has 2 N–H and O–H groups in total. The molecule has 0 heterocycles. The average molecular weight is 279 g/mol. The fourth-order valence-electron chi connectivity index (χ4n) is 1.93. The van der Waals surface area contributed by atoms with Crippen LogP contribution in [0, 0.1) is 0 Å². The zero-order valence-electron chi connectivity index (χ0n) is 11.8. The average Bonchev–Trinajstić information content (AvgIpc) is 2.55. The molecule has 0 radical (unpaired) electrons. The lowest BCUT2D eigenvalue weighted by Crippen LogP contribution is -2.04. The second-order valence-corrected chi connectivity index (χ2v) is 4.43. The van der Waals surface area contributed by atoms with E-state index in [2.05, 4.69) is 53.3 Å². The number of anilines is 1. The maximum absolute atomic E-state index is 10.9. The standard InChI is InChI=1S/C10H8.C8H9NO2/c1-2-6-10-8-4-3-7-9(10)5-1;1-11-8(10)6-4-2-3-5-7(6)9/h1-8H;2-5H,9H2,1H3. The van der Waals surface area contributed by atoms with Gasteiger partial charge >= 0.3 is 5.97 Å². The predicted molar refractivity (Wildman–Crippen MR) is 86.1 cm³/mol. The Morgan fingerprint density at radius 3 is 1.67 bits per heavy atom. The molecule has 0 aliphatic carbocycles. The summed E-state index contributed by atoms with van der Waals surface area (Å²) < 4.78 is 4.50. The van der Waals surface area contributed by atoms with Gasteiger partial charge in [0, 0.05) is 5.69 Å². The highest BCUT2D eigenvalue weighted by molar-refractivity contribution is 5.94. The van der Waals surface area contributed by atoms with E-state index >= 15 is 0 Å². The van der Waals surface area contributed by atoms with Crippen LogP contribution >= 0.6 is 0 Å². The molecular weight excluding hydrogens is 262 g/mol. The maximum atomic E-state index is 10.9. The number of rotatable bonds is 1. The van der Waals surface area contributed by atoms with Gasteiger partial charge in [0.25, 0.3) is 0 Å². The second kappa shape index (κ2) is 7.10. The normalized spacial score (nSPS) is 9.57. The van der Waals surface area contributed by atoms with Gasteiger partial charge in [0.1, 0.15) is 0 Å². The monoisotopic (exact) mass is 279 g/mol. The number of nitrogens with two attached hydrogens (primary N) is 1. The molecule has 0 aliphatic heterocycles. The minimum absolute atomic E-state index is 0.400. The van der Waals surface area contributed by atoms with Crippen LogP contribution in [-0.2, 0) is 4.74 Å². The molecule has 3 aromatic rings. The molecule has 0 spiro atoms. The van der Waals surface area contributed by atoms with E-state index in [9.17, 15) is 4.79 Å². The van der Waals surface area contributed by atoms with Gasteiger partial charge in [-0.05, 0) is 22.9 Å². The fourth-order valence-corrected chi connectivity index (χ4v) is 1.93. The molecule has 0 saturated carbocycles. The molecule has 0 atom stereocenters. The number of hydrogen-bond donors (Lipinski definition) is 1. The number of esters is 1. The third-order valence-electron chi connectivity index (χ3n) is 3.02. The molecule has 3 heteroatoms. The molecule has 3 nitrogen and oxygen atoms in total. The molecule has 3 rings (SSSR count). The Balaban J connectivity index is 0.000000154. The number of fused-ring (bicyclic) bond motifs is 1. The first kappa shape index (κ1) is 14.6. The molecule has 0 aliphatic rings. The van der Waals surface area contributed by atoms with Crippen LogP contribution in [0.2, 0.25) is 0 Å². The van der Waals surface area contributed by atoms with Gasteiger partial charge in [-0.2, -0.15) is 0 Å². The van der Waals surface area contributed by atoms with Crippen molar-refractivity contribution in [3.05, 3.63) is 78.4 Å². The van der Waals surface area contributed by atoms with Crippen LogP contribution in [0.15, 0.2) is 72.8 Å². The number of carbonyl (C=O) groups excluding carboxylic acids is 1. The van der Waals surface area contributed by atoms with Crippen LogP contribution in [0.1, 0.15) is 10.4 Å². The Morgan fingerprint density at radius 1 is 0.810 bits per heavy atom. The third-order valence-corrected chi connectivity index (χ3v) is 3.02. The Morgan fingerprint density at radius 2 is 1.24 bits per heavy atom. The van der Waals surface area contributed by atoms with Crippen LogP contribution in [0.25, 0.3) is 10.8 Å². The van der Waals surface area contributed by atoms with Crippen molar-refractivity contribution in [3.8, 4) is 0 Å². The van der Waals surface area contributed by atoms with E-state index < -0.39 is 5.97 Å². The van der Waals surface area contributed by atoms with Crippen molar-refractivity contribution in [1.82, 2.24) is 0 Å². The van der Waals surface area contributed by atoms with Crippen LogP contribution in [-0.4, -0.2) is 13.1 Å². The molecule has 0 amide bonds. The number of hydrogen-bond acceptors (Lipinski definition) is 3. The Kier molecular flexibility index (Phi) is 4.94. The minimum atomic E-state index is -0.400. The smallest absolute Gasteiger partial charge is 0.339 e. The number of carbonyl (C=O) groups is 1. The van der Waals surface area contributed by atoms with Gasteiger partial charge in [-0.1, -0.05) is 60.7 Å². The number of nitrogen functional groups attached to an aromatic ring is 1. The summed E-state index contributed by atoms with van der Waals surface area (Å²) in [5, 5.41) is 2.62. The van der Waals surface area contributed by atoms with Crippen molar-refractivity contribution in [2.75, 3.05) is 12.8 Å². The van der Waals surface area contributed by atoms with Gasteiger partial charge in [0.05, 0.1) is 12.7 Å². The summed E-state index contributed by atoms with van der Waals surface area (Å²) in [6.07, 6.45) is 0. The summed E-state index contributed by atoms with van der Waals surface area (Å²) in [7, 11) is 1.33. The van der Waals surface area contributed by atoms with Gasteiger partial charge in [-0.25, -0.2) is 4.79 Å². The van der Waals surface area contributed by atoms with Crippen LogP contribution in [0.4, 0.5) is 5.69 Å². The zero-order chi connectivity index (χ0) is 15.1. The van der Waals surface area contributed by atoms with E-state index in [0.717, 1.165) is 0 Å². The van der Waals surface area contributed by atoms with Gasteiger partial charge in [-0.15, -0.1) is 0 Å². The quantitative estimate of drug-likeness (QED) is 0.543. The Labute approximate surface area is 124 Å². The largest absolute Gasteiger partial charge is 0.465 e. The van der Waals surface area contributed by atoms with E-state index in [-0.39, 0.29) is 0 Å². The van der Waals surface area contributed by atoms with E-state index in [1.54, 1.807) is 24.3 Å². The number of para-hydroxylation sites is 1. The highest BCUT2D eigenvalue weighted by Crippen LogP contribution is 2.11. The number of methoxy groups -OCH3 is 1. The highest BCUT2D eigenvalue weighted by atomic mass is 16.5. The lowest BCUT2D eigenvalue weighted by atomic mass is 10.1. The van der Waals surface area contributed by atoms with Gasteiger partial charge in [-0.3, -0.25) is 0 Å². The van der Waals surface area contributed by atoms with Crippen molar-refractivity contribution >= 4 is 22.4 Å². The van der Waals surface area contributed by atoms with Crippen molar-refractivity contribution < 1.29 is 9.53 Å². The topological polar surface area (TPSA) is 52.3 Å². The number of benzene rings is 3. The zero-order valence-corrected chi connectivity index (χ0v) is 11.8. The molecule has 0 bridgehead atoms. The first-order chi connectivity index (χ1) is 10.2. The molecule has 0 fully saturated rings. The fraction of sp³-hybridized carbons (Fsp3) is 0.0556. The van der Waals surface area contributed by atoms with Gasteiger partial charge < -0.3 is 10.5 Å². The molecule has 0 unspecified atom stereocenters. The summed E-state index contributed by atoms with van der Waals surface area (Å²) in [5.74, 6) is -0.400. The summed E-state index contributed by atoms with van der Waals surface area (Å²) in [5.41, 5.74) is 6.35. The SMILES string of the molecule is COC(=O)c1ccccc1N.c1ccc2ccccc2c1. The summed E-state index contributed by atoms with van der Waals surface area (Å²) in [4.78, 5) is 10.9. The highest BCUT2D eigenvalue weighted by Gasteiger charge is 2.06. The first-order valence-corrected chi connectivity index (χ1v) is 6.59. The third kappa shape index (κ3) is 3.83. The van der Waals surface area contributed by atoms with E-state index in [1.165, 1.54) is 17.9 Å². The van der Waals surface area contributed by atoms with Crippen molar-refractivity contribution in [1.29, 1.82) is 0 Å². The lowest BCUT2D eigenvalue weighted by Gasteiger charge is -2.00. The lowest BCUT2D eigenvalue weighted by molar-refractivity contribution is 0.0602. The van der Waals surface area contributed by atoms with Crippen molar-refractivity contribution in [2.45, 2.75) is 0 Å². The van der Waals surface area contributed by atoms with Crippen LogP contribution < -0.4 is 5.73 Å². The van der Waals surface area contributed by atoms with Crippen molar-refractivity contribution in [2.24, 2.45) is 0 Å². The van der Waals surface area contributed by atoms with E-state index in [4.69, 9.17) is 5.73 Å².